The number of nitrogens with one attached hydrogen (secondary N) is 1. The molecule has 0 aliphatic carbocycles. The van der Waals surface area contributed by atoms with E-state index >= 15 is 0 Å². The molecule has 0 aliphatic heterocycles. The number of aliphatic hydroxyl groups is 1. The normalized spacial score (nSPS) is 12.6. The fraction of sp³-hybridized carbons (Fsp3) is 0.167. The van der Waals surface area contributed by atoms with Crippen molar-refractivity contribution in [2.24, 2.45) is 0 Å². The lowest BCUT2D eigenvalue weighted by Gasteiger charge is -2.15. The minimum absolute atomic E-state index is 0.204. The highest BCUT2D eigenvalue weighted by atomic mass is 35.5. The monoisotopic (exact) mass is 477 g/mol. The largest absolute Gasteiger partial charge is 0.416 e. The summed E-state index contributed by atoms with van der Waals surface area (Å²) in [5, 5.41) is 17.2. The van der Waals surface area contributed by atoms with E-state index in [1.165, 1.54) is 11.4 Å². The van der Waals surface area contributed by atoms with E-state index < -0.39 is 35.9 Å². The number of hydrogen-bond donors (Lipinski definition) is 2. The summed E-state index contributed by atoms with van der Waals surface area (Å²) in [5.74, 6) is -1.09. The van der Waals surface area contributed by atoms with Crippen LogP contribution in [0.15, 0.2) is 46.6 Å². The van der Waals surface area contributed by atoms with Gasteiger partial charge in [-0.25, -0.2) is 0 Å². The minimum Gasteiger partial charge on any atom is -0.382 e. The smallest absolute Gasteiger partial charge is 0.382 e. The fourth-order valence-electron chi connectivity index (χ4n) is 2.41. The SMILES string of the molecule is O=C(NC[C@H](O)C(F)(F)F)c1cc(-c2ccc(Cl)cc2)nn(-c2csc(Cl)c2)c1=O. The van der Waals surface area contributed by atoms with E-state index in [-0.39, 0.29) is 11.4 Å². The van der Waals surface area contributed by atoms with Crippen molar-refractivity contribution >= 4 is 40.4 Å². The third kappa shape index (κ3) is 5.01. The summed E-state index contributed by atoms with van der Waals surface area (Å²) in [6.07, 6.45) is -7.68. The van der Waals surface area contributed by atoms with E-state index in [2.05, 4.69) is 5.10 Å². The van der Waals surface area contributed by atoms with Crippen LogP contribution in [0.25, 0.3) is 16.9 Å². The van der Waals surface area contributed by atoms with Gasteiger partial charge < -0.3 is 10.4 Å². The molecule has 0 aliphatic rings. The van der Waals surface area contributed by atoms with Crippen LogP contribution in [-0.4, -0.2) is 39.6 Å². The molecule has 3 aromatic rings. The lowest BCUT2D eigenvalue weighted by atomic mass is 10.1. The van der Waals surface area contributed by atoms with Gasteiger partial charge in [0, 0.05) is 16.0 Å². The van der Waals surface area contributed by atoms with E-state index in [0.29, 0.717) is 14.9 Å². The summed E-state index contributed by atoms with van der Waals surface area (Å²) in [6.45, 7) is -1.11. The van der Waals surface area contributed by atoms with Crippen molar-refractivity contribution in [3.05, 3.63) is 67.1 Å². The van der Waals surface area contributed by atoms with Crippen LogP contribution in [0.1, 0.15) is 10.4 Å². The van der Waals surface area contributed by atoms with Gasteiger partial charge in [0.25, 0.3) is 11.5 Å². The Labute approximate surface area is 181 Å². The third-order valence-electron chi connectivity index (χ3n) is 3.93. The molecule has 0 spiro atoms. The van der Waals surface area contributed by atoms with Gasteiger partial charge in [0.2, 0.25) is 0 Å². The minimum atomic E-state index is -4.91. The number of aromatic nitrogens is 2. The summed E-state index contributed by atoms with van der Waals surface area (Å²) < 4.78 is 38.8. The molecular weight excluding hydrogens is 466 g/mol. The van der Waals surface area contributed by atoms with Gasteiger partial charge in [0.05, 0.1) is 22.3 Å². The molecule has 3 rings (SSSR count). The maximum Gasteiger partial charge on any atom is 0.416 e. The number of nitrogens with zero attached hydrogens (tertiary/aromatic N) is 2. The molecule has 0 fully saturated rings. The Morgan fingerprint density at radius 2 is 1.90 bits per heavy atom. The van der Waals surface area contributed by atoms with Crippen molar-refractivity contribution in [2.45, 2.75) is 12.3 Å². The van der Waals surface area contributed by atoms with Gasteiger partial charge in [0.15, 0.2) is 6.10 Å². The number of halogens is 5. The zero-order valence-corrected chi connectivity index (χ0v) is 17.1. The second-order valence-electron chi connectivity index (χ2n) is 6.04. The summed E-state index contributed by atoms with van der Waals surface area (Å²) in [7, 11) is 0. The van der Waals surface area contributed by atoms with Crippen LogP contribution in [0.3, 0.4) is 0 Å². The standard InChI is InChI=1S/C18H12Cl2F3N3O3S/c19-10-3-1-9(2-4-10)13-6-12(16(28)24-7-14(27)18(21,22)23)17(29)26(25-13)11-5-15(20)30-8-11/h1-6,8,14,27H,7H2,(H,24,28)/t14-/m0/s1. The zero-order chi connectivity index (χ0) is 22.1. The number of aliphatic hydroxyl groups excluding tert-OH is 1. The molecule has 6 nitrogen and oxygen atoms in total. The summed E-state index contributed by atoms with van der Waals surface area (Å²) in [4.78, 5) is 25.2. The van der Waals surface area contributed by atoms with Gasteiger partial charge in [-0.3, -0.25) is 9.59 Å². The Bertz CT molecular complexity index is 1130. The molecule has 158 valence electrons. The number of amides is 1. The van der Waals surface area contributed by atoms with E-state index in [1.807, 2.05) is 5.32 Å². The predicted molar refractivity (Wildman–Crippen MR) is 108 cm³/mol. The second-order valence-corrected chi connectivity index (χ2v) is 8.02. The number of hydrogen-bond acceptors (Lipinski definition) is 5. The topological polar surface area (TPSA) is 84.2 Å². The molecule has 0 saturated heterocycles. The van der Waals surface area contributed by atoms with Crippen LogP contribution in [0.5, 0.6) is 0 Å². The van der Waals surface area contributed by atoms with Crippen LogP contribution in [-0.2, 0) is 0 Å². The summed E-state index contributed by atoms with van der Waals surface area (Å²) in [5.41, 5.74) is -0.308. The molecule has 2 N–H and O–H groups in total. The van der Waals surface area contributed by atoms with Crippen LogP contribution >= 0.6 is 34.5 Å². The second kappa shape index (κ2) is 8.76. The predicted octanol–water partition coefficient (Wildman–Crippen LogP) is 3.92. The van der Waals surface area contributed by atoms with Crippen LogP contribution in [0.4, 0.5) is 13.2 Å². The number of benzene rings is 1. The van der Waals surface area contributed by atoms with E-state index in [4.69, 9.17) is 28.3 Å². The Morgan fingerprint density at radius 3 is 2.47 bits per heavy atom. The van der Waals surface area contributed by atoms with Crippen molar-refractivity contribution in [1.29, 1.82) is 0 Å². The number of rotatable bonds is 5. The van der Waals surface area contributed by atoms with Crippen molar-refractivity contribution < 1.29 is 23.1 Å². The van der Waals surface area contributed by atoms with Crippen LogP contribution in [0, 0.1) is 0 Å². The summed E-state index contributed by atoms with van der Waals surface area (Å²) >= 11 is 12.9. The van der Waals surface area contributed by atoms with Gasteiger partial charge in [-0.15, -0.1) is 11.3 Å². The Hall–Kier alpha value is -2.40. The van der Waals surface area contributed by atoms with E-state index in [0.717, 1.165) is 22.1 Å². The highest BCUT2D eigenvalue weighted by molar-refractivity contribution is 7.14. The molecule has 12 heteroatoms. The number of carbonyl (C=O) groups is 1. The first-order valence-electron chi connectivity index (χ1n) is 8.24. The van der Waals surface area contributed by atoms with E-state index in [9.17, 15) is 22.8 Å². The molecule has 0 bridgehead atoms. The van der Waals surface area contributed by atoms with Crippen molar-refractivity contribution in [3.63, 3.8) is 0 Å². The molecule has 2 heterocycles. The number of alkyl halides is 3. The van der Waals surface area contributed by atoms with Crippen molar-refractivity contribution in [3.8, 4) is 16.9 Å². The molecule has 1 aromatic carbocycles. The maximum absolute atomic E-state index is 12.8. The van der Waals surface area contributed by atoms with Crippen LogP contribution < -0.4 is 10.9 Å². The van der Waals surface area contributed by atoms with Gasteiger partial charge in [-0.05, 0) is 24.3 Å². The molecule has 1 atom stereocenters. The van der Waals surface area contributed by atoms with Crippen molar-refractivity contribution in [1.82, 2.24) is 15.1 Å². The lowest BCUT2D eigenvalue weighted by Crippen LogP contribution is -2.42. The first kappa shape index (κ1) is 22.3. The third-order valence-corrected chi connectivity index (χ3v) is 5.26. The summed E-state index contributed by atoms with van der Waals surface area (Å²) in [6, 6.07) is 8.99. The zero-order valence-electron chi connectivity index (χ0n) is 14.8. The first-order chi connectivity index (χ1) is 14.1. The molecule has 0 radical (unpaired) electrons. The highest BCUT2D eigenvalue weighted by Crippen LogP contribution is 2.24. The van der Waals surface area contributed by atoms with Gasteiger partial charge >= 0.3 is 6.18 Å². The molecule has 30 heavy (non-hydrogen) atoms. The Morgan fingerprint density at radius 1 is 1.23 bits per heavy atom. The van der Waals surface area contributed by atoms with E-state index in [1.54, 1.807) is 24.3 Å². The first-order valence-corrected chi connectivity index (χ1v) is 9.87. The number of carbonyl (C=O) groups excluding carboxylic acids is 1. The highest BCUT2D eigenvalue weighted by Gasteiger charge is 2.38. The van der Waals surface area contributed by atoms with Crippen molar-refractivity contribution in [2.75, 3.05) is 6.54 Å². The fourth-order valence-corrected chi connectivity index (χ4v) is 3.37. The lowest BCUT2D eigenvalue weighted by molar-refractivity contribution is -0.201. The Balaban J connectivity index is 2.05. The molecule has 2 aromatic heterocycles. The quantitative estimate of drug-likeness (QED) is 0.583. The van der Waals surface area contributed by atoms with Gasteiger partial charge in [-0.1, -0.05) is 35.3 Å². The molecular formula is C18H12Cl2F3N3O3S. The Kier molecular flexibility index (Phi) is 6.51. The molecule has 1 amide bonds. The molecule has 0 saturated carbocycles. The van der Waals surface area contributed by atoms with Crippen LogP contribution in [0.2, 0.25) is 9.36 Å². The van der Waals surface area contributed by atoms with Gasteiger partial charge in [-0.2, -0.15) is 23.0 Å². The molecule has 0 unspecified atom stereocenters. The maximum atomic E-state index is 12.8. The van der Waals surface area contributed by atoms with Gasteiger partial charge in [0.1, 0.15) is 5.56 Å². The average molecular weight is 478 g/mol. The number of thiophene rings is 1. The average Bonchev–Trinajstić information content (AvgIpc) is 3.12.